The Morgan fingerprint density at radius 1 is 0.818 bits per heavy atom. The molecule has 0 bridgehead atoms. The van der Waals surface area contributed by atoms with Crippen molar-refractivity contribution in [1.29, 1.82) is 0 Å². The molecule has 2 fully saturated rings. The minimum absolute atomic E-state index is 0.420. The van der Waals surface area contributed by atoms with Gasteiger partial charge >= 0.3 is 6.01 Å². The number of ether oxygens (including phenoxy) is 1. The highest BCUT2D eigenvalue weighted by Crippen LogP contribution is 2.28. The Bertz CT molecular complexity index is 615. The van der Waals surface area contributed by atoms with Crippen LogP contribution in [0.5, 0.6) is 0 Å². The van der Waals surface area contributed by atoms with E-state index in [2.05, 4.69) is 30.3 Å². The zero-order chi connectivity index (χ0) is 14.8. The molecule has 0 amide bonds. The van der Waals surface area contributed by atoms with E-state index in [0.717, 1.165) is 39.0 Å². The molecule has 2 aliphatic rings. The minimum atomic E-state index is 0.420. The van der Waals surface area contributed by atoms with E-state index < -0.39 is 0 Å². The average molecular weight is 306 g/mol. The number of piperidine rings is 1. The molecule has 9 nitrogen and oxygen atoms in total. The van der Waals surface area contributed by atoms with Crippen LogP contribution in [0.1, 0.15) is 19.3 Å². The second-order valence-corrected chi connectivity index (χ2v) is 5.48. The van der Waals surface area contributed by atoms with Crippen molar-refractivity contribution in [2.75, 3.05) is 49.2 Å². The van der Waals surface area contributed by atoms with Crippen molar-refractivity contribution in [3.05, 3.63) is 0 Å². The third kappa shape index (κ3) is 2.52. The van der Waals surface area contributed by atoms with Crippen molar-refractivity contribution in [3.8, 4) is 11.5 Å². The maximum atomic E-state index is 5.38. The van der Waals surface area contributed by atoms with Gasteiger partial charge in [-0.3, -0.25) is 0 Å². The first-order valence-electron chi connectivity index (χ1n) is 7.66. The molecule has 0 atom stereocenters. The highest BCUT2D eigenvalue weighted by Gasteiger charge is 2.26. The normalized spacial score (nSPS) is 19.6. The lowest BCUT2D eigenvalue weighted by atomic mass is 10.1. The van der Waals surface area contributed by atoms with Gasteiger partial charge in [0.05, 0.1) is 13.2 Å². The number of hydrogen-bond donors (Lipinski definition) is 0. The van der Waals surface area contributed by atoms with Crippen LogP contribution >= 0.6 is 0 Å². The Morgan fingerprint density at radius 2 is 1.64 bits per heavy atom. The van der Waals surface area contributed by atoms with Gasteiger partial charge in [-0.05, 0) is 29.6 Å². The monoisotopic (exact) mass is 306 g/mol. The summed E-state index contributed by atoms with van der Waals surface area (Å²) < 4.78 is 15.6. The van der Waals surface area contributed by atoms with Gasteiger partial charge in [-0.25, -0.2) is 4.63 Å². The second-order valence-electron chi connectivity index (χ2n) is 5.48. The number of nitrogens with zero attached hydrogens (tertiary/aromatic N) is 6. The fraction of sp³-hybridized carbons (Fsp3) is 0.692. The molecular weight excluding hydrogens is 288 g/mol. The zero-order valence-electron chi connectivity index (χ0n) is 12.3. The van der Waals surface area contributed by atoms with Gasteiger partial charge < -0.3 is 19.1 Å². The SMILES string of the molecule is C1CCN(c2nc(-c3nonc3N3CCOCC3)no2)CC1. The lowest BCUT2D eigenvalue weighted by Crippen LogP contribution is -2.36. The average Bonchev–Trinajstić information content (AvgIpc) is 3.25. The van der Waals surface area contributed by atoms with Gasteiger partial charge in [-0.15, -0.1) is 0 Å². The summed E-state index contributed by atoms with van der Waals surface area (Å²) in [5, 5.41) is 12.0. The maximum Gasteiger partial charge on any atom is 0.324 e. The minimum Gasteiger partial charge on any atom is -0.378 e. The third-order valence-corrected chi connectivity index (χ3v) is 4.04. The van der Waals surface area contributed by atoms with Crippen molar-refractivity contribution in [2.24, 2.45) is 0 Å². The van der Waals surface area contributed by atoms with Gasteiger partial charge in [-0.2, -0.15) is 4.98 Å². The van der Waals surface area contributed by atoms with Crippen LogP contribution in [0.25, 0.3) is 11.5 Å². The molecule has 0 aliphatic carbocycles. The molecule has 0 unspecified atom stereocenters. The summed E-state index contributed by atoms with van der Waals surface area (Å²) in [6.45, 7) is 4.73. The summed E-state index contributed by atoms with van der Waals surface area (Å²) in [6, 6.07) is 0.547. The summed E-state index contributed by atoms with van der Waals surface area (Å²) >= 11 is 0. The van der Waals surface area contributed by atoms with Gasteiger partial charge in [0.15, 0.2) is 5.69 Å². The fourth-order valence-corrected chi connectivity index (χ4v) is 2.83. The second kappa shape index (κ2) is 5.91. The molecule has 2 aromatic rings. The predicted octanol–water partition coefficient (Wildman–Crippen LogP) is 0.946. The fourth-order valence-electron chi connectivity index (χ4n) is 2.83. The van der Waals surface area contributed by atoms with Crippen molar-refractivity contribution in [1.82, 2.24) is 20.5 Å². The van der Waals surface area contributed by atoms with Crippen LogP contribution in [-0.4, -0.2) is 59.8 Å². The molecule has 0 spiro atoms. The van der Waals surface area contributed by atoms with Crippen LogP contribution in [0.4, 0.5) is 11.8 Å². The van der Waals surface area contributed by atoms with Crippen molar-refractivity contribution in [3.63, 3.8) is 0 Å². The van der Waals surface area contributed by atoms with E-state index in [-0.39, 0.29) is 0 Å². The zero-order valence-corrected chi connectivity index (χ0v) is 12.3. The molecule has 0 radical (unpaired) electrons. The summed E-state index contributed by atoms with van der Waals surface area (Å²) in [5.74, 6) is 1.07. The predicted molar refractivity (Wildman–Crippen MR) is 76.7 cm³/mol. The molecule has 2 aliphatic heterocycles. The number of aromatic nitrogens is 4. The summed E-state index contributed by atoms with van der Waals surface area (Å²) in [4.78, 5) is 8.63. The molecule has 0 N–H and O–H groups in total. The largest absolute Gasteiger partial charge is 0.378 e. The van der Waals surface area contributed by atoms with Gasteiger partial charge in [0.1, 0.15) is 0 Å². The van der Waals surface area contributed by atoms with Crippen LogP contribution in [0.3, 0.4) is 0 Å². The van der Waals surface area contributed by atoms with Crippen molar-refractivity contribution in [2.45, 2.75) is 19.3 Å². The smallest absolute Gasteiger partial charge is 0.324 e. The van der Waals surface area contributed by atoms with Gasteiger partial charge in [0, 0.05) is 26.2 Å². The third-order valence-electron chi connectivity index (χ3n) is 4.04. The lowest BCUT2D eigenvalue weighted by Gasteiger charge is -2.26. The molecule has 4 rings (SSSR count). The Kier molecular flexibility index (Phi) is 3.63. The van der Waals surface area contributed by atoms with E-state index >= 15 is 0 Å². The topological polar surface area (TPSA) is 93.6 Å². The molecular formula is C13H18N6O3. The first kappa shape index (κ1) is 13.5. The molecule has 0 aromatic carbocycles. The summed E-state index contributed by atoms with van der Waals surface area (Å²) in [5.41, 5.74) is 0.522. The van der Waals surface area contributed by atoms with E-state index in [1.807, 2.05) is 0 Å². The van der Waals surface area contributed by atoms with Gasteiger partial charge in [-0.1, -0.05) is 5.16 Å². The van der Waals surface area contributed by atoms with Crippen molar-refractivity contribution >= 4 is 11.8 Å². The highest BCUT2D eigenvalue weighted by atomic mass is 16.6. The van der Waals surface area contributed by atoms with E-state index in [4.69, 9.17) is 13.9 Å². The van der Waals surface area contributed by atoms with Gasteiger partial charge in [0.2, 0.25) is 11.6 Å². The lowest BCUT2D eigenvalue weighted by molar-refractivity contribution is 0.122. The molecule has 22 heavy (non-hydrogen) atoms. The van der Waals surface area contributed by atoms with E-state index in [0.29, 0.717) is 36.6 Å². The molecule has 2 aromatic heterocycles. The first-order chi connectivity index (χ1) is 10.9. The van der Waals surface area contributed by atoms with Crippen molar-refractivity contribution < 1.29 is 13.9 Å². The summed E-state index contributed by atoms with van der Waals surface area (Å²) in [6.07, 6.45) is 3.57. The number of morpholine rings is 1. The quantitative estimate of drug-likeness (QED) is 0.821. The van der Waals surface area contributed by atoms with Crippen LogP contribution in [0.2, 0.25) is 0 Å². The van der Waals surface area contributed by atoms with Crippen LogP contribution in [0, 0.1) is 0 Å². The van der Waals surface area contributed by atoms with Crippen LogP contribution < -0.4 is 9.80 Å². The number of anilines is 2. The molecule has 9 heteroatoms. The molecule has 0 saturated carbocycles. The Balaban J connectivity index is 1.57. The standard InChI is InChI=1S/C13H18N6O3/c1-2-4-19(5-3-1)13-14-11(16-21-13)10-12(17-22-15-10)18-6-8-20-9-7-18/h1-9H2. The maximum absolute atomic E-state index is 5.38. The molecule has 2 saturated heterocycles. The Morgan fingerprint density at radius 3 is 2.45 bits per heavy atom. The van der Waals surface area contributed by atoms with E-state index in [9.17, 15) is 0 Å². The number of rotatable bonds is 3. The molecule has 4 heterocycles. The van der Waals surface area contributed by atoms with Crippen LogP contribution in [-0.2, 0) is 4.74 Å². The van der Waals surface area contributed by atoms with E-state index in [1.54, 1.807) is 0 Å². The highest BCUT2D eigenvalue weighted by molar-refractivity contribution is 5.66. The molecule has 118 valence electrons. The summed E-state index contributed by atoms with van der Waals surface area (Å²) in [7, 11) is 0. The van der Waals surface area contributed by atoms with E-state index in [1.165, 1.54) is 6.42 Å². The van der Waals surface area contributed by atoms with Crippen LogP contribution in [0.15, 0.2) is 9.15 Å². The Hall–Kier alpha value is -2.16. The van der Waals surface area contributed by atoms with Gasteiger partial charge in [0.25, 0.3) is 0 Å². The first-order valence-corrected chi connectivity index (χ1v) is 7.66. The number of hydrogen-bond acceptors (Lipinski definition) is 9. The Labute approximate surface area is 127 Å².